The third-order valence-electron chi connectivity index (χ3n) is 3.88. The minimum atomic E-state index is 0.542. The van der Waals surface area contributed by atoms with Crippen LogP contribution in [0, 0.1) is 25.2 Å². The molecular formula is C17H16N4. The Balaban J connectivity index is 2.11. The van der Waals surface area contributed by atoms with Crippen molar-refractivity contribution in [1.82, 2.24) is 14.5 Å². The van der Waals surface area contributed by atoms with E-state index in [9.17, 15) is 5.26 Å². The third-order valence-corrected chi connectivity index (χ3v) is 3.88. The zero-order valence-corrected chi connectivity index (χ0v) is 12.3. The van der Waals surface area contributed by atoms with Crippen molar-refractivity contribution >= 4 is 22.7 Å². The van der Waals surface area contributed by atoms with Crippen molar-refractivity contribution in [3.63, 3.8) is 0 Å². The summed E-state index contributed by atoms with van der Waals surface area (Å²) in [4.78, 5) is 7.68. The van der Waals surface area contributed by atoms with Crippen LogP contribution in [0.5, 0.6) is 0 Å². The number of imidazole rings is 1. The zero-order chi connectivity index (χ0) is 15.0. The SMILES string of the molecule is Cc1cc(/C=C(\C#N)c2nc3ccccc3[nH]2)c(C)n1C. The second kappa shape index (κ2) is 4.95. The quantitative estimate of drug-likeness (QED) is 0.727. The van der Waals surface area contributed by atoms with Crippen LogP contribution >= 0.6 is 0 Å². The lowest BCUT2D eigenvalue weighted by Crippen LogP contribution is -1.93. The van der Waals surface area contributed by atoms with Gasteiger partial charge in [0.05, 0.1) is 16.6 Å². The molecular weight excluding hydrogens is 260 g/mol. The standard InChI is InChI=1S/C17H16N4/c1-11-8-13(12(2)21(11)3)9-14(10-18)17-19-15-6-4-5-7-16(15)20-17/h4-9H,1-3H3,(H,19,20)/b14-9+. The maximum absolute atomic E-state index is 9.45. The van der Waals surface area contributed by atoms with Crippen molar-refractivity contribution in [2.45, 2.75) is 13.8 Å². The molecule has 1 N–H and O–H groups in total. The third kappa shape index (κ3) is 2.23. The first-order valence-electron chi connectivity index (χ1n) is 6.80. The Hall–Kier alpha value is -2.80. The van der Waals surface area contributed by atoms with Crippen molar-refractivity contribution in [3.8, 4) is 6.07 Å². The van der Waals surface area contributed by atoms with Gasteiger partial charge in [-0.1, -0.05) is 12.1 Å². The second-order valence-corrected chi connectivity index (χ2v) is 5.16. The summed E-state index contributed by atoms with van der Waals surface area (Å²) in [5, 5.41) is 9.45. The van der Waals surface area contributed by atoms with E-state index in [-0.39, 0.29) is 0 Å². The summed E-state index contributed by atoms with van der Waals surface area (Å²) in [7, 11) is 2.02. The number of aromatic nitrogens is 3. The van der Waals surface area contributed by atoms with Crippen molar-refractivity contribution in [2.75, 3.05) is 0 Å². The minimum Gasteiger partial charge on any atom is -0.352 e. The van der Waals surface area contributed by atoms with Gasteiger partial charge in [-0.05, 0) is 43.7 Å². The van der Waals surface area contributed by atoms with Crippen LogP contribution in [-0.2, 0) is 7.05 Å². The fourth-order valence-electron chi connectivity index (χ4n) is 2.42. The normalized spacial score (nSPS) is 11.8. The van der Waals surface area contributed by atoms with Gasteiger partial charge in [-0.3, -0.25) is 0 Å². The molecule has 0 fully saturated rings. The molecule has 104 valence electrons. The average Bonchev–Trinajstić information content (AvgIpc) is 3.02. The van der Waals surface area contributed by atoms with E-state index in [4.69, 9.17) is 0 Å². The highest BCUT2D eigenvalue weighted by Gasteiger charge is 2.10. The van der Waals surface area contributed by atoms with Gasteiger partial charge in [-0.15, -0.1) is 0 Å². The van der Waals surface area contributed by atoms with Gasteiger partial charge in [0.15, 0.2) is 0 Å². The van der Waals surface area contributed by atoms with Gasteiger partial charge in [0.2, 0.25) is 0 Å². The van der Waals surface area contributed by atoms with E-state index in [0.717, 1.165) is 22.3 Å². The first-order chi connectivity index (χ1) is 10.1. The van der Waals surface area contributed by atoms with Crippen molar-refractivity contribution in [1.29, 1.82) is 5.26 Å². The highest BCUT2D eigenvalue weighted by Crippen LogP contribution is 2.22. The monoisotopic (exact) mass is 276 g/mol. The molecule has 3 aromatic rings. The summed E-state index contributed by atoms with van der Waals surface area (Å²) < 4.78 is 2.11. The number of hydrogen-bond acceptors (Lipinski definition) is 2. The van der Waals surface area contributed by atoms with Gasteiger partial charge in [0, 0.05) is 18.4 Å². The Kier molecular flexibility index (Phi) is 3.11. The molecule has 4 heteroatoms. The summed E-state index contributed by atoms with van der Waals surface area (Å²) in [6.07, 6.45) is 1.89. The molecule has 4 nitrogen and oxygen atoms in total. The van der Waals surface area contributed by atoms with E-state index in [2.05, 4.69) is 33.6 Å². The lowest BCUT2D eigenvalue weighted by atomic mass is 10.1. The molecule has 0 amide bonds. The maximum atomic E-state index is 9.45. The van der Waals surface area contributed by atoms with Crippen LogP contribution in [-0.4, -0.2) is 14.5 Å². The van der Waals surface area contributed by atoms with Crippen LogP contribution in [0.15, 0.2) is 30.3 Å². The molecule has 0 saturated carbocycles. The lowest BCUT2D eigenvalue weighted by molar-refractivity contribution is 0.843. The molecule has 0 aliphatic rings. The fraction of sp³-hybridized carbons (Fsp3) is 0.176. The topological polar surface area (TPSA) is 57.4 Å². The molecule has 0 spiro atoms. The van der Waals surface area contributed by atoms with E-state index < -0.39 is 0 Å². The molecule has 0 saturated heterocycles. The van der Waals surface area contributed by atoms with Gasteiger partial charge >= 0.3 is 0 Å². The smallest absolute Gasteiger partial charge is 0.149 e. The number of para-hydroxylation sites is 2. The summed E-state index contributed by atoms with van der Waals surface area (Å²) >= 11 is 0. The Labute approximate surface area is 123 Å². The van der Waals surface area contributed by atoms with Crippen molar-refractivity contribution < 1.29 is 0 Å². The number of nitrogens with one attached hydrogen (secondary N) is 1. The van der Waals surface area contributed by atoms with Gasteiger partial charge in [0.25, 0.3) is 0 Å². The second-order valence-electron chi connectivity index (χ2n) is 5.16. The van der Waals surface area contributed by atoms with E-state index >= 15 is 0 Å². The summed E-state index contributed by atoms with van der Waals surface area (Å²) in [5.74, 6) is 0.611. The van der Waals surface area contributed by atoms with Crippen LogP contribution in [0.4, 0.5) is 0 Å². The van der Waals surface area contributed by atoms with Gasteiger partial charge in [-0.25, -0.2) is 4.98 Å². The molecule has 0 aliphatic carbocycles. The molecule has 2 aromatic heterocycles. The summed E-state index contributed by atoms with van der Waals surface area (Å²) in [5.41, 5.74) is 5.70. The molecule has 2 heterocycles. The maximum Gasteiger partial charge on any atom is 0.149 e. The van der Waals surface area contributed by atoms with Gasteiger partial charge < -0.3 is 9.55 Å². The van der Waals surface area contributed by atoms with Crippen LogP contribution in [0.25, 0.3) is 22.7 Å². The number of aromatic amines is 1. The Morgan fingerprint density at radius 3 is 2.71 bits per heavy atom. The highest BCUT2D eigenvalue weighted by atomic mass is 14.9. The largest absolute Gasteiger partial charge is 0.352 e. The number of nitrogens with zero attached hydrogens (tertiary/aromatic N) is 3. The predicted molar refractivity (Wildman–Crippen MR) is 84.5 cm³/mol. The molecule has 0 bridgehead atoms. The van der Waals surface area contributed by atoms with Gasteiger partial charge in [-0.2, -0.15) is 5.26 Å². The summed E-state index contributed by atoms with van der Waals surface area (Å²) in [6.45, 7) is 4.10. The number of fused-ring (bicyclic) bond motifs is 1. The van der Waals surface area contributed by atoms with Crippen LogP contribution in [0.1, 0.15) is 22.8 Å². The number of rotatable bonds is 2. The molecule has 0 aliphatic heterocycles. The minimum absolute atomic E-state index is 0.542. The fourth-order valence-corrected chi connectivity index (χ4v) is 2.42. The molecule has 21 heavy (non-hydrogen) atoms. The first kappa shape index (κ1) is 13.2. The molecule has 0 unspecified atom stereocenters. The predicted octanol–water partition coefficient (Wildman–Crippen LogP) is 3.58. The number of H-pyrrole nitrogens is 1. The molecule has 0 atom stereocenters. The Morgan fingerprint density at radius 2 is 2.10 bits per heavy atom. The number of hydrogen-bond donors (Lipinski definition) is 1. The van der Waals surface area contributed by atoms with E-state index in [1.54, 1.807) is 0 Å². The average molecular weight is 276 g/mol. The summed E-state index contributed by atoms with van der Waals surface area (Å²) in [6, 6.07) is 12.1. The van der Waals surface area contributed by atoms with Crippen molar-refractivity contribution in [2.24, 2.45) is 7.05 Å². The number of benzene rings is 1. The van der Waals surface area contributed by atoms with E-state index in [1.807, 2.05) is 44.3 Å². The van der Waals surface area contributed by atoms with Crippen LogP contribution < -0.4 is 0 Å². The number of nitriles is 1. The van der Waals surface area contributed by atoms with Crippen molar-refractivity contribution in [3.05, 3.63) is 53.1 Å². The molecule has 0 radical (unpaired) electrons. The molecule has 3 rings (SSSR count). The van der Waals surface area contributed by atoms with Crippen LogP contribution in [0.3, 0.4) is 0 Å². The van der Waals surface area contributed by atoms with E-state index in [0.29, 0.717) is 11.4 Å². The Bertz CT molecular complexity index is 854. The van der Waals surface area contributed by atoms with Crippen LogP contribution in [0.2, 0.25) is 0 Å². The molecule has 1 aromatic carbocycles. The Morgan fingerprint density at radius 1 is 1.33 bits per heavy atom. The number of aryl methyl sites for hydroxylation is 1. The highest BCUT2D eigenvalue weighted by molar-refractivity contribution is 5.90. The van der Waals surface area contributed by atoms with Gasteiger partial charge in [0.1, 0.15) is 11.9 Å². The number of allylic oxidation sites excluding steroid dienone is 1. The lowest BCUT2D eigenvalue weighted by Gasteiger charge is -1.99. The zero-order valence-electron chi connectivity index (χ0n) is 12.3. The van der Waals surface area contributed by atoms with E-state index in [1.165, 1.54) is 5.69 Å². The first-order valence-corrected chi connectivity index (χ1v) is 6.80.